The number of methoxy groups -OCH3 is 2. The normalized spacial score (nSPS) is 11.0. The van der Waals surface area contributed by atoms with Gasteiger partial charge in [-0.3, -0.25) is 9.59 Å². The van der Waals surface area contributed by atoms with E-state index in [1.165, 1.54) is 26.7 Å². The summed E-state index contributed by atoms with van der Waals surface area (Å²) in [7, 11) is 3.07. The fourth-order valence-corrected chi connectivity index (χ4v) is 2.93. The average molecular weight is 399 g/mol. The van der Waals surface area contributed by atoms with Gasteiger partial charge in [0.15, 0.2) is 0 Å². The molecule has 0 radical (unpaired) electrons. The van der Waals surface area contributed by atoms with Crippen LogP contribution < -0.4 is 19.7 Å². The molecule has 6 nitrogen and oxygen atoms in total. The number of nitrogens with zero attached hydrogens (tertiary/aromatic N) is 1. The maximum absolute atomic E-state index is 12.5. The van der Waals surface area contributed by atoms with Crippen LogP contribution in [0, 0.1) is 0 Å². The minimum absolute atomic E-state index is 0.0470. The van der Waals surface area contributed by atoms with E-state index in [0.29, 0.717) is 30.2 Å². The summed E-state index contributed by atoms with van der Waals surface area (Å²) < 4.78 is 10.4. The summed E-state index contributed by atoms with van der Waals surface area (Å²) in [5.41, 5.74) is 2.49. The van der Waals surface area contributed by atoms with Gasteiger partial charge in [-0.1, -0.05) is 32.9 Å². The third kappa shape index (κ3) is 5.98. The molecule has 0 aliphatic heterocycles. The fraction of sp³-hybridized carbons (Fsp3) is 0.391. The van der Waals surface area contributed by atoms with Crippen molar-refractivity contribution in [2.45, 2.75) is 33.1 Å². The molecule has 0 aliphatic rings. The Hall–Kier alpha value is -3.02. The summed E-state index contributed by atoms with van der Waals surface area (Å²) in [4.78, 5) is 26.3. The van der Waals surface area contributed by atoms with Gasteiger partial charge >= 0.3 is 0 Å². The van der Waals surface area contributed by atoms with E-state index in [1.54, 1.807) is 23.1 Å². The Bertz CT molecular complexity index is 832. The van der Waals surface area contributed by atoms with E-state index in [2.05, 4.69) is 26.1 Å². The Labute approximate surface area is 172 Å². The van der Waals surface area contributed by atoms with Gasteiger partial charge in [-0.05, 0) is 35.2 Å². The molecule has 2 rings (SSSR count). The molecule has 2 aromatic rings. The van der Waals surface area contributed by atoms with Crippen LogP contribution >= 0.6 is 0 Å². The third-order valence-corrected chi connectivity index (χ3v) is 4.66. The van der Waals surface area contributed by atoms with E-state index in [0.717, 1.165) is 5.69 Å². The highest BCUT2D eigenvalue weighted by molar-refractivity contribution is 5.95. The molecule has 29 heavy (non-hydrogen) atoms. The Balaban J connectivity index is 2.04. The van der Waals surface area contributed by atoms with Gasteiger partial charge in [0.25, 0.3) is 5.91 Å². The number of benzene rings is 2. The van der Waals surface area contributed by atoms with E-state index < -0.39 is 0 Å². The quantitative estimate of drug-likeness (QED) is 0.771. The van der Waals surface area contributed by atoms with Crippen LogP contribution in [-0.2, 0) is 10.2 Å². The van der Waals surface area contributed by atoms with Gasteiger partial charge in [-0.25, -0.2) is 0 Å². The maximum Gasteiger partial charge on any atom is 0.251 e. The first-order valence-electron chi connectivity index (χ1n) is 9.55. The second-order valence-electron chi connectivity index (χ2n) is 7.82. The summed E-state index contributed by atoms with van der Waals surface area (Å²) in [5, 5.41) is 2.85. The number of anilines is 1. The first-order chi connectivity index (χ1) is 13.7. The van der Waals surface area contributed by atoms with Crippen molar-refractivity contribution < 1.29 is 19.1 Å². The van der Waals surface area contributed by atoms with Crippen molar-refractivity contribution in [1.29, 1.82) is 0 Å². The largest absolute Gasteiger partial charge is 0.497 e. The Morgan fingerprint density at radius 2 is 1.52 bits per heavy atom. The number of ether oxygens (including phenoxy) is 2. The molecule has 0 aliphatic carbocycles. The molecule has 0 spiro atoms. The van der Waals surface area contributed by atoms with Crippen LogP contribution in [0.25, 0.3) is 0 Å². The van der Waals surface area contributed by atoms with Crippen LogP contribution in [0.4, 0.5) is 5.69 Å². The standard InChI is InChI=1S/C23H30N2O4/c1-16(26)25(19-9-7-18(8-10-19)23(2,3)4)12-11-24-22(27)17-13-20(28-5)15-21(14-17)29-6/h7-10,13-15H,11-12H2,1-6H3,(H,24,27). The first-order valence-corrected chi connectivity index (χ1v) is 9.55. The molecule has 0 fully saturated rings. The highest BCUT2D eigenvalue weighted by atomic mass is 16.5. The topological polar surface area (TPSA) is 67.9 Å². The van der Waals surface area contributed by atoms with Crippen LogP contribution in [0.3, 0.4) is 0 Å². The van der Waals surface area contributed by atoms with Crippen molar-refractivity contribution in [3.05, 3.63) is 53.6 Å². The number of amides is 2. The average Bonchev–Trinajstić information content (AvgIpc) is 2.69. The highest BCUT2D eigenvalue weighted by Gasteiger charge is 2.16. The zero-order chi connectivity index (χ0) is 21.6. The highest BCUT2D eigenvalue weighted by Crippen LogP contribution is 2.25. The van der Waals surface area contributed by atoms with Crippen molar-refractivity contribution in [2.24, 2.45) is 0 Å². The molecular weight excluding hydrogens is 368 g/mol. The molecule has 0 saturated carbocycles. The lowest BCUT2D eigenvalue weighted by atomic mass is 9.87. The number of nitrogens with one attached hydrogen (secondary N) is 1. The number of hydrogen-bond acceptors (Lipinski definition) is 4. The summed E-state index contributed by atoms with van der Waals surface area (Å²) in [6.45, 7) is 8.65. The minimum atomic E-state index is -0.256. The van der Waals surface area contributed by atoms with Gasteiger partial charge in [-0.15, -0.1) is 0 Å². The summed E-state index contributed by atoms with van der Waals surface area (Å²) in [5.74, 6) is 0.747. The molecular formula is C23H30N2O4. The Morgan fingerprint density at radius 3 is 1.97 bits per heavy atom. The molecule has 0 bridgehead atoms. The Kier molecular flexibility index (Phi) is 7.26. The van der Waals surface area contributed by atoms with Crippen LogP contribution in [0.1, 0.15) is 43.6 Å². The zero-order valence-corrected chi connectivity index (χ0v) is 18.0. The van der Waals surface area contributed by atoms with Crippen LogP contribution in [0.5, 0.6) is 11.5 Å². The minimum Gasteiger partial charge on any atom is -0.497 e. The molecule has 0 unspecified atom stereocenters. The van der Waals surface area contributed by atoms with Crippen molar-refractivity contribution >= 4 is 17.5 Å². The summed E-state index contributed by atoms with van der Waals surface area (Å²) in [6, 6.07) is 12.9. The lowest BCUT2D eigenvalue weighted by molar-refractivity contribution is -0.116. The van der Waals surface area contributed by atoms with E-state index in [4.69, 9.17) is 9.47 Å². The molecule has 0 saturated heterocycles. The van der Waals surface area contributed by atoms with Crippen LogP contribution in [-0.4, -0.2) is 39.1 Å². The molecule has 6 heteroatoms. The van der Waals surface area contributed by atoms with Crippen molar-refractivity contribution in [3.8, 4) is 11.5 Å². The number of carbonyl (C=O) groups excluding carboxylic acids is 2. The molecule has 1 N–H and O–H groups in total. The van der Waals surface area contributed by atoms with Gasteiger partial charge in [0.05, 0.1) is 14.2 Å². The number of rotatable bonds is 7. The Morgan fingerprint density at radius 1 is 0.966 bits per heavy atom. The number of hydrogen-bond donors (Lipinski definition) is 1. The van der Waals surface area contributed by atoms with E-state index >= 15 is 0 Å². The van der Waals surface area contributed by atoms with E-state index in [1.807, 2.05) is 24.3 Å². The van der Waals surface area contributed by atoms with Gasteiger partial charge in [0.2, 0.25) is 5.91 Å². The molecule has 2 aromatic carbocycles. The molecule has 0 aromatic heterocycles. The maximum atomic E-state index is 12.5. The van der Waals surface area contributed by atoms with E-state index in [-0.39, 0.29) is 17.2 Å². The van der Waals surface area contributed by atoms with Gasteiger partial charge in [0, 0.05) is 37.3 Å². The molecule has 2 amide bonds. The molecule has 0 atom stereocenters. The molecule has 0 heterocycles. The fourth-order valence-electron chi connectivity index (χ4n) is 2.93. The van der Waals surface area contributed by atoms with Crippen LogP contribution in [0.15, 0.2) is 42.5 Å². The van der Waals surface area contributed by atoms with E-state index in [9.17, 15) is 9.59 Å². The summed E-state index contributed by atoms with van der Waals surface area (Å²) in [6.07, 6.45) is 0. The predicted octanol–water partition coefficient (Wildman–Crippen LogP) is 3.78. The van der Waals surface area contributed by atoms with Gasteiger partial charge in [-0.2, -0.15) is 0 Å². The second kappa shape index (κ2) is 9.45. The predicted molar refractivity (Wildman–Crippen MR) is 115 cm³/mol. The van der Waals surface area contributed by atoms with Crippen molar-refractivity contribution in [3.63, 3.8) is 0 Å². The number of carbonyl (C=O) groups is 2. The SMILES string of the molecule is COc1cc(OC)cc(C(=O)NCCN(C(C)=O)c2ccc(C(C)(C)C)cc2)c1. The lowest BCUT2D eigenvalue weighted by Crippen LogP contribution is -2.37. The zero-order valence-electron chi connectivity index (χ0n) is 18.0. The van der Waals surface area contributed by atoms with Crippen molar-refractivity contribution in [2.75, 3.05) is 32.2 Å². The molecule has 156 valence electrons. The van der Waals surface area contributed by atoms with Gasteiger partial charge in [0.1, 0.15) is 11.5 Å². The third-order valence-electron chi connectivity index (χ3n) is 4.66. The van der Waals surface area contributed by atoms with Crippen LogP contribution in [0.2, 0.25) is 0 Å². The van der Waals surface area contributed by atoms with Crippen molar-refractivity contribution in [1.82, 2.24) is 5.32 Å². The van der Waals surface area contributed by atoms with Gasteiger partial charge < -0.3 is 19.7 Å². The first kappa shape index (κ1) is 22.3. The summed E-state index contributed by atoms with van der Waals surface area (Å²) >= 11 is 0. The second-order valence-corrected chi connectivity index (χ2v) is 7.82. The monoisotopic (exact) mass is 398 g/mol. The smallest absolute Gasteiger partial charge is 0.251 e. The lowest BCUT2D eigenvalue weighted by Gasteiger charge is -2.24.